The molecule has 1 rings (SSSR count). The molecule has 1 unspecified atom stereocenters. The normalized spacial score (nSPS) is 24.8. The van der Waals surface area contributed by atoms with E-state index in [9.17, 15) is 8.42 Å². The Bertz CT molecular complexity index is 377. The van der Waals surface area contributed by atoms with Gasteiger partial charge in [-0.3, -0.25) is 4.90 Å². The van der Waals surface area contributed by atoms with Crippen molar-refractivity contribution in [2.24, 2.45) is 5.92 Å². The fourth-order valence-electron chi connectivity index (χ4n) is 2.76. The molecule has 0 aliphatic carbocycles. The van der Waals surface area contributed by atoms with Gasteiger partial charge >= 0.3 is 0 Å². The van der Waals surface area contributed by atoms with Crippen LogP contribution in [0.4, 0.5) is 0 Å². The highest BCUT2D eigenvalue weighted by molar-refractivity contribution is 7.91. The van der Waals surface area contributed by atoms with Crippen molar-refractivity contribution < 1.29 is 8.42 Å². The molecule has 0 aromatic carbocycles. The number of hydrogen-bond acceptors (Lipinski definition) is 4. The molecule has 1 N–H and O–H groups in total. The van der Waals surface area contributed by atoms with Crippen LogP contribution in [0.1, 0.15) is 41.0 Å². The maximum atomic E-state index is 11.9. The van der Waals surface area contributed by atoms with Crippen LogP contribution in [-0.4, -0.2) is 56.0 Å². The third kappa shape index (κ3) is 5.40. The molecule has 0 saturated carbocycles. The molecule has 0 radical (unpaired) electrons. The fraction of sp³-hybridized carbons (Fsp3) is 1.00. The quantitative estimate of drug-likeness (QED) is 0.806. The third-order valence-electron chi connectivity index (χ3n) is 3.83. The monoisotopic (exact) mass is 290 g/mol. The predicted molar refractivity (Wildman–Crippen MR) is 81.2 cm³/mol. The molecule has 4 nitrogen and oxygen atoms in total. The minimum atomic E-state index is -2.88. The van der Waals surface area contributed by atoms with E-state index in [4.69, 9.17) is 0 Å². The molecule has 0 spiro atoms. The van der Waals surface area contributed by atoms with Crippen LogP contribution in [-0.2, 0) is 9.84 Å². The molecule has 1 atom stereocenters. The Morgan fingerprint density at radius 2 is 1.95 bits per heavy atom. The van der Waals surface area contributed by atoms with E-state index in [2.05, 4.69) is 37.9 Å². The van der Waals surface area contributed by atoms with Crippen molar-refractivity contribution >= 4 is 9.84 Å². The Hall–Kier alpha value is -0.130. The Balaban J connectivity index is 2.65. The van der Waals surface area contributed by atoms with Crippen molar-refractivity contribution in [2.75, 3.05) is 31.1 Å². The van der Waals surface area contributed by atoms with E-state index < -0.39 is 9.84 Å². The molecule has 1 heterocycles. The zero-order valence-electron chi connectivity index (χ0n) is 13.1. The SMILES string of the molecule is CCCS(=O)(=O)CCN1CC(C)(C)NCC1C(C)C. The van der Waals surface area contributed by atoms with E-state index in [1.54, 1.807) is 0 Å². The summed E-state index contributed by atoms with van der Waals surface area (Å²) in [5.41, 5.74) is 0.0694. The summed E-state index contributed by atoms with van der Waals surface area (Å²) in [7, 11) is -2.88. The lowest BCUT2D eigenvalue weighted by Gasteiger charge is -2.46. The Labute approximate surface area is 118 Å². The van der Waals surface area contributed by atoms with Gasteiger partial charge in [0.1, 0.15) is 0 Å². The van der Waals surface area contributed by atoms with Crippen LogP contribution < -0.4 is 5.32 Å². The maximum Gasteiger partial charge on any atom is 0.151 e. The van der Waals surface area contributed by atoms with Crippen molar-refractivity contribution in [3.63, 3.8) is 0 Å². The molecule has 0 aromatic rings. The average molecular weight is 290 g/mol. The van der Waals surface area contributed by atoms with E-state index in [0.717, 1.165) is 13.1 Å². The number of rotatable bonds is 6. The summed E-state index contributed by atoms with van der Waals surface area (Å²) < 4.78 is 23.7. The standard InChI is InChI=1S/C14H30N2O2S/c1-6-8-19(17,18)9-7-16-11-14(4,5)15-10-13(16)12(2)3/h12-13,15H,6-11H2,1-5H3. The van der Waals surface area contributed by atoms with E-state index in [1.807, 2.05) is 6.92 Å². The third-order valence-corrected chi connectivity index (χ3v) is 5.67. The molecule has 0 amide bonds. The Morgan fingerprint density at radius 1 is 1.32 bits per heavy atom. The first-order valence-electron chi connectivity index (χ1n) is 7.36. The average Bonchev–Trinajstić information content (AvgIpc) is 2.25. The summed E-state index contributed by atoms with van der Waals surface area (Å²) in [6, 6.07) is 0.435. The summed E-state index contributed by atoms with van der Waals surface area (Å²) in [5.74, 6) is 1.15. The lowest BCUT2D eigenvalue weighted by molar-refractivity contribution is 0.0752. The number of piperazine rings is 1. The predicted octanol–water partition coefficient (Wildman–Crippen LogP) is 1.52. The van der Waals surface area contributed by atoms with Crippen LogP contribution in [0.2, 0.25) is 0 Å². The Kier molecular flexibility index (Phi) is 5.83. The lowest BCUT2D eigenvalue weighted by atomic mass is 9.93. The van der Waals surface area contributed by atoms with Crippen LogP contribution in [0.15, 0.2) is 0 Å². The molecule has 0 aromatic heterocycles. The first-order valence-corrected chi connectivity index (χ1v) is 9.18. The van der Waals surface area contributed by atoms with Crippen LogP contribution >= 0.6 is 0 Å². The van der Waals surface area contributed by atoms with Gasteiger partial charge in [0.05, 0.1) is 5.75 Å². The first-order chi connectivity index (χ1) is 8.67. The van der Waals surface area contributed by atoms with E-state index in [1.165, 1.54) is 0 Å². The topological polar surface area (TPSA) is 49.4 Å². The summed E-state index contributed by atoms with van der Waals surface area (Å²) in [6.07, 6.45) is 0.711. The maximum absolute atomic E-state index is 11.9. The van der Waals surface area contributed by atoms with Gasteiger partial charge in [-0.05, 0) is 26.2 Å². The smallest absolute Gasteiger partial charge is 0.151 e. The highest BCUT2D eigenvalue weighted by Crippen LogP contribution is 2.20. The van der Waals surface area contributed by atoms with Crippen molar-refractivity contribution in [1.82, 2.24) is 10.2 Å². The van der Waals surface area contributed by atoms with Gasteiger partial charge in [0.25, 0.3) is 0 Å². The molecule has 0 bridgehead atoms. The van der Waals surface area contributed by atoms with Crippen molar-refractivity contribution in [2.45, 2.75) is 52.6 Å². The second kappa shape index (κ2) is 6.55. The van der Waals surface area contributed by atoms with Gasteiger partial charge in [0.2, 0.25) is 0 Å². The zero-order chi connectivity index (χ0) is 14.7. The molecule has 1 aliphatic rings. The second-order valence-electron chi connectivity index (χ2n) is 6.70. The van der Waals surface area contributed by atoms with E-state index in [-0.39, 0.29) is 5.54 Å². The fourth-order valence-corrected chi connectivity index (χ4v) is 4.10. The summed E-state index contributed by atoms with van der Waals surface area (Å²) in [6.45, 7) is 13.2. The van der Waals surface area contributed by atoms with Crippen LogP contribution in [0.5, 0.6) is 0 Å². The molecule has 19 heavy (non-hydrogen) atoms. The zero-order valence-corrected chi connectivity index (χ0v) is 13.9. The van der Waals surface area contributed by atoms with Gasteiger partial charge in [-0.15, -0.1) is 0 Å². The largest absolute Gasteiger partial charge is 0.309 e. The highest BCUT2D eigenvalue weighted by Gasteiger charge is 2.34. The Morgan fingerprint density at radius 3 is 2.47 bits per heavy atom. The van der Waals surface area contributed by atoms with Crippen molar-refractivity contribution in [3.05, 3.63) is 0 Å². The van der Waals surface area contributed by atoms with Crippen LogP contribution in [0, 0.1) is 5.92 Å². The van der Waals surface area contributed by atoms with Gasteiger partial charge in [-0.25, -0.2) is 8.42 Å². The number of hydrogen-bond donors (Lipinski definition) is 1. The molecule has 5 heteroatoms. The number of nitrogens with one attached hydrogen (secondary N) is 1. The highest BCUT2D eigenvalue weighted by atomic mass is 32.2. The molecular weight excluding hydrogens is 260 g/mol. The summed E-state index contributed by atoms with van der Waals surface area (Å²) in [4.78, 5) is 2.36. The molecule has 1 fully saturated rings. The van der Waals surface area contributed by atoms with Crippen LogP contribution in [0.25, 0.3) is 0 Å². The van der Waals surface area contributed by atoms with Gasteiger partial charge in [-0.1, -0.05) is 20.8 Å². The molecule has 114 valence electrons. The second-order valence-corrected chi connectivity index (χ2v) is 9.00. The van der Waals surface area contributed by atoms with Crippen molar-refractivity contribution in [1.29, 1.82) is 0 Å². The molecule has 1 aliphatic heterocycles. The molecule has 1 saturated heterocycles. The van der Waals surface area contributed by atoms with Gasteiger partial charge in [-0.2, -0.15) is 0 Å². The first kappa shape index (κ1) is 16.9. The number of nitrogens with zero attached hydrogens (tertiary/aromatic N) is 1. The van der Waals surface area contributed by atoms with Gasteiger partial charge in [0, 0.05) is 37.0 Å². The van der Waals surface area contributed by atoms with Gasteiger partial charge < -0.3 is 5.32 Å². The summed E-state index contributed by atoms with van der Waals surface area (Å²) in [5, 5.41) is 3.55. The number of sulfone groups is 1. The van der Waals surface area contributed by atoms with E-state index in [0.29, 0.717) is 36.4 Å². The summed E-state index contributed by atoms with van der Waals surface area (Å²) >= 11 is 0. The molecular formula is C14H30N2O2S. The van der Waals surface area contributed by atoms with Crippen LogP contribution in [0.3, 0.4) is 0 Å². The van der Waals surface area contributed by atoms with Crippen molar-refractivity contribution in [3.8, 4) is 0 Å². The lowest BCUT2D eigenvalue weighted by Crippen LogP contribution is -2.63. The van der Waals surface area contributed by atoms with E-state index >= 15 is 0 Å². The van der Waals surface area contributed by atoms with Gasteiger partial charge in [0.15, 0.2) is 9.84 Å². The minimum Gasteiger partial charge on any atom is -0.309 e. The minimum absolute atomic E-state index is 0.0694.